The average molecular weight is 243 g/mol. The summed E-state index contributed by atoms with van der Waals surface area (Å²) >= 11 is 1.10. The predicted molar refractivity (Wildman–Crippen MR) is 68.6 cm³/mol. The number of isocyanates is 1. The van der Waals surface area contributed by atoms with Crippen LogP contribution in [0.5, 0.6) is 0 Å². The minimum atomic E-state index is -0.419. The lowest BCUT2D eigenvalue weighted by Crippen LogP contribution is -1.87. The van der Waals surface area contributed by atoms with Crippen molar-refractivity contribution in [2.24, 2.45) is 4.99 Å². The monoisotopic (exact) mass is 243 g/mol. The summed E-state index contributed by atoms with van der Waals surface area (Å²) in [5.74, 6) is 0.763. The van der Waals surface area contributed by atoms with E-state index < -0.39 is 5.24 Å². The Bertz CT molecular complexity index is 225. The zero-order valence-corrected chi connectivity index (χ0v) is 10.9. The van der Waals surface area contributed by atoms with Crippen LogP contribution in [0.1, 0.15) is 58.3 Å². The van der Waals surface area contributed by atoms with Gasteiger partial charge in [0.2, 0.25) is 6.08 Å². The number of hydrogen-bond acceptors (Lipinski definition) is 3. The fourth-order valence-electron chi connectivity index (χ4n) is 1.46. The van der Waals surface area contributed by atoms with Crippen molar-refractivity contribution in [1.29, 1.82) is 0 Å². The topological polar surface area (TPSA) is 46.5 Å². The van der Waals surface area contributed by atoms with Crippen LogP contribution in [0.15, 0.2) is 4.99 Å². The molecule has 0 aliphatic heterocycles. The van der Waals surface area contributed by atoms with E-state index in [-0.39, 0.29) is 0 Å². The van der Waals surface area contributed by atoms with E-state index in [1.54, 1.807) is 0 Å². The average Bonchev–Trinajstić information content (AvgIpc) is 2.27. The van der Waals surface area contributed by atoms with E-state index in [4.69, 9.17) is 0 Å². The molecule has 0 rings (SSSR count). The molecule has 0 bridgehead atoms. The van der Waals surface area contributed by atoms with Gasteiger partial charge in [-0.2, -0.15) is 0 Å². The van der Waals surface area contributed by atoms with Crippen molar-refractivity contribution in [2.45, 2.75) is 58.3 Å². The zero-order chi connectivity index (χ0) is 12.1. The molecule has 92 valence electrons. The Hall–Kier alpha value is -0.600. The summed E-state index contributed by atoms with van der Waals surface area (Å²) in [6.45, 7) is 2.22. The van der Waals surface area contributed by atoms with E-state index in [0.29, 0.717) is 0 Å². The number of nitrogens with zero attached hydrogens (tertiary/aromatic N) is 1. The maximum atomic E-state index is 10.8. The Morgan fingerprint density at radius 2 is 1.62 bits per heavy atom. The maximum Gasteiger partial charge on any atom is 0.315 e. The fourth-order valence-corrected chi connectivity index (χ4v) is 2.09. The van der Waals surface area contributed by atoms with Gasteiger partial charge >= 0.3 is 5.24 Å². The second kappa shape index (κ2) is 12.5. The first kappa shape index (κ1) is 15.4. The van der Waals surface area contributed by atoms with Gasteiger partial charge in [-0.3, -0.25) is 4.79 Å². The third-order valence-corrected chi connectivity index (χ3v) is 3.19. The van der Waals surface area contributed by atoms with Crippen LogP contribution in [0.25, 0.3) is 0 Å². The van der Waals surface area contributed by atoms with Gasteiger partial charge in [0.25, 0.3) is 0 Å². The van der Waals surface area contributed by atoms with E-state index in [9.17, 15) is 9.59 Å². The molecule has 0 aromatic carbocycles. The molecule has 0 heterocycles. The molecular weight excluding hydrogens is 222 g/mol. The van der Waals surface area contributed by atoms with Crippen molar-refractivity contribution in [1.82, 2.24) is 0 Å². The van der Waals surface area contributed by atoms with Crippen LogP contribution in [-0.2, 0) is 4.79 Å². The molecule has 0 spiro atoms. The Labute approximate surface area is 102 Å². The zero-order valence-electron chi connectivity index (χ0n) is 10.0. The van der Waals surface area contributed by atoms with E-state index in [2.05, 4.69) is 11.9 Å². The normalized spacial score (nSPS) is 9.81. The maximum absolute atomic E-state index is 10.8. The summed E-state index contributed by atoms with van der Waals surface area (Å²) < 4.78 is 0. The molecule has 0 aromatic rings. The Balaban J connectivity index is 3.09. The first-order chi connectivity index (χ1) is 7.81. The molecule has 0 aliphatic rings. The molecule has 0 N–H and O–H groups in total. The van der Waals surface area contributed by atoms with Gasteiger partial charge in [0.15, 0.2) is 0 Å². The highest BCUT2D eigenvalue weighted by molar-refractivity contribution is 8.13. The summed E-state index contributed by atoms with van der Waals surface area (Å²) in [6, 6.07) is 0. The molecule has 0 aliphatic carbocycles. The molecule has 3 nitrogen and oxygen atoms in total. The summed E-state index contributed by atoms with van der Waals surface area (Å²) in [6.07, 6.45) is 11.3. The number of carbonyl (C=O) groups excluding carboxylic acids is 2. The van der Waals surface area contributed by atoms with Crippen molar-refractivity contribution >= 4 is 23.1 Å². The largest absolute Gasteiger partial charge is 0.315 e. The number of thioether (sulfide) groups is 1. The summed E-state index contributed by atoms with van der Waals surface area (Å²) in [7, 11) is 0. The summed E-state index contributed by atoms with van der Waals surface area (Å²) in [4.78, 5) is 23.5. The molecule has 0 aromatic heterocycles. The van der Waals surface area contributed by atoms with Gasteiger partial charge in [0, 0.05) is 5.75 Å². The highest BCUT2D eigenvalue weighted by Crippen LogP contribution is 2.12. The van der Waals surface area contributed by atoms with E-state index >= 15 is 0 Å². The second-order valence-corrected chi connectivity index (χ2v) is 4.84. The third kappa shape index (κ3) is 11.5. The van der Waals surface area contributed by atoms with Gasteiger partial charge in [-0.05, 0) is 6.42 Å². The molecule has 0 atom stereocenters. The van der Waals surface area contributed by atoms with Crippen LogP contribution in [0, 0.1) is 0 Å². The number of aliphatic imine (C=N–C) groups is 1. The number of unbranched alkanes of at least 4 members (excludes halogenated alkanes) is 7. The van der Waals surface area contributed by atoms with Gasteiger partial charge in [-0.15, -0.1) is 4.99 Å². The third-order valence-electron chi connectivity index (χ3n) is 2.36. The fraction of sp³-hybridized carbons (Fsp3) is 0.833. The molecule has 16 heavy (non-hydrogen) atoms. The first-order valence-electron chi connectivity index (χ1n) is 6.06. The van der Waals surface area contributed by atoms with Gasteiger partial charge in [-0.1, -0.05) is 63.6 Å². The molecule has 0 fully saturated rings. The Kier molecular flexibility index (Phi) is 12.0. The minimum absolute atomic E-state index is 0.419. The van der Waals surface area contributed by atoms with Crippen LogP contribution < -0.4 is 0 Å². The molecular formula is C12H21NO2S. The molecule has 0 saturated carbocycles. The quantitative estimate of drug-likeness (QED) is 0.344. The number of amides is 1. The molecule has 4 heteroatoms. The lowest BCUT2D eigenvalue weighted by Gasteiger charge is -2.00. The lowest BCUT2D eigenvalue weighted by molar-refractivity contribution is 0.267. The highest BCUT2D eigenvalue weighted by Gasteiger charge is 1.98. The van der Waals surface area contributed by atoms with E-state index in [1.165, 1.54) is 44.6 Å². The molecule has 1 amide bonds. The second-order valence-electron chi connectivity index (χ2n) is 3.79. The Morgan fingerprint density at radius 1 is 1.06 bits per heavy atom. The van der Waals surface area contributed by atoms with Gasteiger partial charge in [0.05, 0.1) is 0 Å². The number of hydrogen-bond donors (Lipinski definition) is 0. The van der Waals surface area contributed by atoms with Crippen molar-refractivity contribution < 1.29 is 9.59 Å². The highest BCUT2D eigenvalue weighted by atomic mass is 32.2. The lowest BCUT2D eigenvalue weighted by atomic mass is 10.1. The summed E-state index contributed by atoms with van der Waals surface area (Å²) in [5.41, 5.74) is 0. The van der Waals surface area contributed by atoms with Crippen LogP contribution in [0.2, 0.25) is 0 Å². The first-order valence-corrected chi connectivity index (χ1v) is 7.04. The van der Waals surface area contributed by atoms with Crippen molar-refractivity contribution in [3.63, 3.8) is 0 Å². The standard InChI is InChI=1S/C12H21NO2S/c1-2-3-4-5-6-7-8-9-10-16-12(15)13-11-14/h2-10H2,1H3. The molecule has 0 radical (unpaired) electrons. The number of carbonyl (C=O) groups is 1. The molecule has 0 saturated heterocycles. The van der Waals surface area contributed by atoms with Crippen molar-refractivity contribution in [3.05, 3.63) is 0 Å². The van der Waals surface area contributed by atoms with Gasteiger partial charge in [0.1, 0.15) is 0 Å². The van der Waals surface area contributed by atoms with Crippen LogP contribution in [0.4, 0.5) is 4.79 Å². The minimum Gasteiger partial charge on any atom is -0.259 e. The molecule has 0 unspecified atom stereocenters. The van der Waals surface area contributed by atoms with Crippen molar-refractivity contribution in [3.8, 4) is 0 Å². The number of rotatable bonds is 9. The van der Waals surface area contributed by atoms with Crippen LogP contribution in [0.3, 0.4) is 0 Å². The van der Waals surface area contributed by atoms with E-state index in [1.807, 2.05) is 0 Å². The SMILES string of the molecule is CCCCCCCCCCSC(=O)N=C=O. The predicted octanol–water partition coefficient (Wildman–Crippen LogP) is 4.32. The van der Waals surface area contributed by atoms with Gasteiger partial charge in [-0.25, -0.2) is 4.79 Å². The Morgan fingerprint density at radius 3 is 2.19 bits per heavy atom. The smallest absolute Gasteiger partial charge is 0.259 e. The van der Waals surface area contributed by atoms with Crippen LogP contribution >= 0.6 is 11.8 Å². The van der Waals surface area contributed by atoms with E-state index in [0.717, 1.165) is 30.4 Å². The van der Waals surface area contributed by atoms with Gasteiger partial charge < -0.3 is 0 Å². The van der Waals surface area contributed by atoms with Crippen molar-refractivity contribution in [2.75, 3.05) is 5.75 Å². The van der Waals surface area contributed by atoms with Crippen LogP contribution in [-0.4, -0.2) is 17.1 Å². The summed E-state index contributed by atoms with van der Waals surface area (Å²) in [5, 5.41) is -0.419.